The number of rotatable bonds is 6. The number of hydrogen-bond donors (Lipinski definition) is 0. The molecule has 0 spiro atoms. The molecule has 0 aliphatic carbocycles. The number of benzene rings is 2. The lowest BCUT2D eigenvalue weighted by Gasteiger charge is -2.30. The third-order valence-electron chi connectivity index (χ3n) is 6.23. The molecule has 2 heterocycles. The van der Waals surface area contributed by atoms with Crippen LogP contribution >= 0.6 is 0 Å². The minimum absolute atomic E-state index is 0.0448. The van der Waals surface area contributed by atoms with Crippen LogP contribution in [0, 0.1) is 19.8 Å². The lowest BCUT2D eigenvalue weighted by molar-refractivity contribution is -0.151. The van der Waals surface area contributed by atoms with Crippen LogP contribution in [0.4, 0.5) is 0 Å². The molecule has 0 amide bonds. The van der Waals surface area contributed by atoms with E-state index in [2.05, 4.69) is 0 Å². The van der Waals surface area contributed by atoms with Crippen molar-refractivity contribution in [2.45, 2.75) is 38.2 Å². The maximum atomic E-state index is 13.1. The summed E-state index contributed by atoms with van der Waals surface area (Å²) in [5.74, 6) is -0.510. The standard InChI is InChI=1S/C25H27NO7S/c1-16-11-22-19(13-24(27)33-23(22)12-17(16)2)15-32-25(28)18-5-4-10-26(14-18)34(29,30)21-8-6-20(31-3)7-9-21/h6-9,11-13,18H,4-5,10,14-15H2,1-3H3. The van der Waals surface area contributed by atoms with Crippen molar-refractivity contribution in [3.05, 3.63) is 69.6 Å². The number of aryl methyl sites for hydroxylation is 2. The molecule has 8 nitrogen and oxygen atoms in total. The van der Waals surface area contributed by atoms with Crippen molar-refractivity contribution in [3.63, 3.8) is 0 Å². The summed E-state index contributed by atoms with van der Waals surface area (Å²) in [6.07, 6.45) is 1.08. The number of hydrogen-bond acceptors (Lipinski definition) is 7. The second-order valence-corrected chi connectivity index (χ2v) is 10.4. The molecule has 0 radical (unpaired) electrons. The molecule has 1 aliphatic rings. The average molecular weight is 486 g/mol. The van der Waals surface area contributed by atoms with Gasteiger partial charge in [0.1, 0.15) is 17.9 Å². The van der Waals surface area contributed by atoms with E-state index in [1.807, 2.05) is 19.9 Å². The maximum absolute atomic E-state index is 13.1. The quantitative estimate of drug-likeness (QED) is 0.388. The third kappa shape index (κ3) is 4.85. The van der Waals surface area contributed by atoms with E-state index in [0.717, 1.165) is 11.1 Å². The lowest BCUT2D eigenvalue weighted by atomic mass is 10.00. The molecule has 1 atom stereocenters. The fraction of sp³-hybridized carbons (Fsp3) is 0.360. The topological polar surface area (TPSA) is 103 Å². The lowest BCUT2D eigenvalue weighted by Crippen LogP contribution is -2.42. The maximum Gasteiger partial charge on any atom is 0.336 e. The Morgan fingerprint density at radius 3 is 2.53 bits per heavy atom. The molecule has 1 saturated heterocycles. The van der Waals surface area contributed by atoms with Crippen LogP contribution in [-0.4, -0.2) is 38.9 Å². The first-order valence-corrected chi connectivity index (χ1v) is 12.5. The van der Waals surface area contributed by atoms with Crippen molar-refractivity contribution in [2.24, 2.45) is 5.92 Å². The number of piperidine rings is 1. The number of esters is 1. The number of carbonyl (C=O) groups is 1. The van der Waals surface area contributed by atoms with Gasteiger partial charge in [-0.15, -0.1) is 0 Å². The number of ether oxygens (including phenoxy) is 2. The van der Waals surface area contributed by atoms with Crippen molar-refractivity contribution in [2.75, 3.05) is 20.2 Å². The molecular weight excluding hydrogens is 458 g/mol. The van der Waals surface area contributed by atoms with E-state index in [9.17, 15) is 18.0 Å². The molecule has 1 aliphatic heterocycles. The molecule has 34 heavy (non-hydrogen) atoms. The van der Waals surface area contributed by atoms with E-state index in [4.69, 9.17) is 13.9 Å². The third-order valence-corrected chi connectivity index (χ3v) is 8.11. The fourth-order valence-corrected chi connectivity index (χ4v) is 5.64. The summed E-state index contributed by atoms with van der Waals surface area (Å²) >= 11 is 0. The first kappa shape index (κ1) is 24.0. The zero-order valence-corrected chi connectivity index (χ0v) is 20.2. The van der Waals surface area contributed by atoms with Crippen LogP contribution in [0.25, 0.3) is 11.0 Å². The molecule has 1 fully saturated rings. The fourth-order valence-electron chi connectivity index (χ4n) is 4.12. The van der Waals surface area contributed by atoms with Gasteiger partial charge in [-0.05, 0) is 74.2 Å². The Bertz CT molecular complexity index is 1380. The van der Waals surface area contributed by atoms with Crippen LogP contribution in [-0.2, 0) is 26.2 Å². The zero-order chi connectivity index (χ0) is 24.5. The molecule has 0 saturated carbocycles. The highest BCUT2D eigenvalue weighted by atomic mass is 32.2. The molecule has 9 heteroatoms. The van der Waals surface area contributed by atoms with Gasteiger partial charge in [0.25, 0.3) is 0 Å². The second kappa shape index (κ2) is 9.60. The first-order valence-electron chi connectivity index (χ1n) is 11.0. The second-order valence-electron chi connectivity index (χ2n) is 8.51. The Kier molecular flexibility index (Phi) is 6.77. The number of fused-ring (bicyclic) bond motifs is 1. The van der Waals surface area contributed by atoms with Crippen molar-refractivity contribution in [1.29, 1.82) is 0 Å². The summed E-state index contributed by atoms with van der Waals surface area (Å²) in [7, 11) is -2.24. The van der Waals surface area contributed by atoms with E-state index in [-0.39, 0.29) is 18.0 Å². The molecule has 180 valence electrons. The summed E-state index contributed by atoms with van der Waals surface area (Å²) in [5, 5.41) is 0.711. The molecule has 1 unspecified atom stereocenters. The molecular formula is C25H27NO7S. The Balaban J connectivity index is 1.48. The van der Waals surface area contributed by atoms with Gasteiger partial charge < -0.3 is 13.9 Å². The van der Waals surface area contributed by atoms with Gasteiger partial charge in [-0.25, -0.2) is 13.2 Å². The molecule has 0 N–H and O–H groups in total. The first-order chi connectivity index (χ1) is 16.2. The summed E-state index contributed by atoms with van der Waals surface area (Å²) in [6, 6.07) is 11.2. The monoisotopic (exact) mass is 485 g/mol. The van der Waals surface area contributed by atoms with Crippen LogP contribution in [0.15, 0.2) is 56.6 Å². The van der Waals surface area contributed by atoms with Gasteiger partial charge in [0.15, 0.2) is 0 Å². The van der Waals surface area contributed by atoms with Crippen molar-refractivity contribution < 1.29 is 27.1 Å². The highest BCUT2D eigenvalue weighted by Gasteiger charge is 2.34. The van der Waals surface area contributed by atoms with Crippen molar-refractivity contribution in [1.82, 2.24) is 4.31 Å². The Morgan fingerprint density at radius 1 is 1.12 bits per heavy atom. The van der Waals surface area contributed by atoms with Gasteiger partial charge in [-0.3, -0.25) is 4.79 Å². The van der Waals surface area contributed by atoms with Gasteiger partial charge in [0, 0.05) is 30.1 Å². The Hall–Kier alpha value is -3.17. The SMILES string of the molecule is COc1ccc(S(=O)(=O)N2CCCC(C(=O)OCc3cc(=O)oc4cc(C)c(C)cc34)C2)cc1. The number of nitrogens with zero attached hydrogens (tertiary/aromatic N) is 1. The van der Waals surface area contributed by atoms with Gasteiger partial charge >= 0.3 is 11.6 Å². The molecule has 1 aromatic heterocycles. The average Bonchev–Trinajstić information content (AvgIpc) is 2.83. The van der Waals surface area contributed by atoms with Gasteiger partial charge in [0.05, 0.1) is 17.9 Å². The molecule has 2 aromatic carbocycles. The van der Waals surface area contributed by atoms with Gasteiger partial charge in [-0.1, -0.05) is 0 Å². The highest BCUT2D eigenvalue weighted by Crippen LogP contribution is 2.27. The smallest absolute Gasteiger partial charge is 0.336 e. The zero-order valence-electron chi connectivity index (χ0n) is 19.4. The normalized spacial score (nSPS) is 17.0. The number of methoxy groups -OCH3 is 1. The molecule has 3 aromatic rings. The van der Waals surface area contributed by atoms with E-state index in [1.165, 1.54) is 29.6 Å². The molecule has 0 bridgehead atoms. The van der Waals surface area contributed by atoms with Crippen molar-refractivity contribution >= 4 is 27.0 Å². The van der Waals surface area contributed by atoms with E-state index < -0.39 is 27.5 Å². The van der Waals surface area contributed by atoms with Gasteiger partial charge in [0.2, 0.25) is 10.0 Å². The van der Waals surface area contributed by atoms with Crippen LogP contribution in [0.5, 0.6) is 5.75 Å². The van der Waals surface area contributed by atoms with E-state index in [1.54, 1.807) is 18.2 Å². The van der Waals surface area contributed by atoms with Crippen LogP contribution < -0.4 is 10.4 Å². The van der Waals surface area contributed by atoms with Crippen LogP contribution in [0.2, 0.25) is 0 Å². The van der Waals surface area contributed by atoms with E-state index >= 15 is 0 Å². The summed E-state index contributed by atoms with van der Waals surface area (Å²) in [6.45, 7) is 4.17. The predicted molar refractivity (Wildman–Crippen MR) is 126 cm³/mol. The minimum atomic E-state index is -3.75. The van der Waals surface area contributed by atoms with Crippen LogP contribution in [0.1, 0.15) is 29.5 Å². The molecule has 4 rings (SSSR count). The van der Waals surface area contributed by atoms with Crippen molar-refractivity contribution in [3.8, 4) is 5.75 Å². The number of sulfonamides is 1. The Labute approximate surface area is 198 Å². The summed E-state index contributed by atoms with van der Waals surface area (Å²) < 4.78 is 43.4. The Morgan fingerprint density at radius 2 is 1.82 bits per heavy atom. The minimum Gasteiger partial charge on any atom is -0.497 e. The predicted octanol–water partition coefficient (Wildman–Crippen LogP) is 3.56. The highest BCUT2D eigenvalue weighted by molar-refractivity contribution is 7.89. The van der Waals surface area contributed by atoms with Gasteiger partial charge in [-0.2, -0.15) is 4.31 Å². The number of carbonyl (C=O) groups excluding carboxylic acids is 1. The largest absolute Gasteiger partial charge is 0.497 e. The van der Waals surface area contributed by atoms with Crippen LogP contribution in [0.3, 0.4) is 0 Å². The summed E-state index contributed by atoms with van der Waals surface area (Å²) in [4.78, 5) is 25.0. The van der Waals surface area contributed by atoms with E-state index in [0.29, 0.717) is 41.7 Å². The summed E-state index contributed by atoms with van der Waals surface area (Å²) in [5.41, 5.74) is 2.50.